The monoisotopic (exact) mass is 288 g/mol. The molecule has 2 aromatic carbocycles. The predicted molar refractivity (Wildman–Crippen MR) is 81.0 cm³/mol. The molecule has 0 amide bonds. The van der Waals surface area contributed by atoms with Crippen LogP contribution in [0.1, 0.15) is 22.8 Å². The number of hydrogen-bond donors (Lipinski definition) is 1. The molecule has 0 heterocycles. The lowest BCUT2D eigenvalue weighted by atomic mass is 9.79. The highest BCUT2D eigenvalue weighted by atomic mass is 35.5. The Kier molecular flexibility index (Phi) is 4.58. The molecule has 3 heteroatoms. The van der Waals surface area contributed by atoms with Crippen molar-refractivity contribution in [1.82, 2.24) is 0 Å². The van der Waals surface area contributed by atoms with Crippen molar-refractivity contribution in [2.75, 3.05) is 5.88 Å². The van der Waals surface area contributed by atoms with Gasteiger partial charge in [0, 0.05) is 5.56 Å². The number of aliphatic hydroxyl groups is 1. The van der Waals surface area contributed by atoms with Crippen LogP contribution >= 0.6 is 11.6 Å². The van der Waals surface area contributed by atoms with Crippen LogP contribution in [-0.2, 0) is 5.60 Å². The second-order valence-electron chi connectivity index (χ2n) is 4.88. The fourth-order valence-corrected chi connectivity index (χ4v) is 2.62. The van der Waals surface area contributed by atoms with Crippen LogP contribution in [0.4, 0.5) is 0 Å². The van der Waals surface area contributed by atoms with Gasteiger partial charge < -0.3 is 5.11 Å². The fourth-order valence-electron chi connectivity index (χ4n) is 2.24. The summed E-state index contributed by atoms with van der Waals surface area (Å²) >= 11 is 5.97. The molecule has 0 spiro atoms. The van der Waals surface area contributed by atoms with E-state index in [2.05, 4.69) is 0 Å². The van der Waals surface area contributed by atoms with Gasteiger partial charge in [-0.2, -0.15) is 0 Å². The summed E-state index contributed by atoms with van der Waals surface area (Å²) in [5.41, 5.74) is -0.123. The molecule has 0 fully saturated rings. The number of benzene rings is 2. The van der Waals surface area contributed by atoms with E-state index in [9.17, 15) is 9.90 Å². The predicted octanol–water partition coefficient (Wildman–Crippen LogP) is 3.63. The maximum Gasteiger partial charge on any atom is 0.168 e. The number of Topliss-reactive ketones (excluding diaryl/α,β-unsaturated/α-hetero) is 1. The van der Waals surface area contributed by atoms with Gasteiger partial charge in [0.1, 0.15) is 5.60 Å². The summed E-state index contributed by atoms with van der Waals surface area (Å²) in [4.78, 5) is 12.5. The molecule has 0 saturated carbocycles. The molecule has 2 aromatic rings. The van der Waals surface area contributed by atoms with E-state index >= 15 is 0 Å². The summed E-state index contributed by atoms with van der Waals surface area (Å²) in [5, 5.41) is 10.8. The summed E-state index contributed by atoms with van der Waals surface area (Å²) in [6.07, 6.45) is 0. The molecular formula is C17H17ClO2. The van der Waals surface area contributed by atoms with Gasteiger partial charge in [0.05, 0.1) is 11.8 Å². The van der Waals surface area contributed by atoms with Gasteiger partial charge in [0.25, 0.3) is 0 Å². The quantitative estimate of drug-likeness (QED) is 0.674. The van der Waals surface area contributed by atoms with Gasteiger partial charge in [-0.3, -0.25) is 4.79 Å². The van der Waals surface area contributed by atoms with E-state index in [1.165, 1.54) is 0 Å². The van der Waals surface area contributed by atoms with E-state index in [1.807, 2.05) is 36.4 Å². The molecule has 104 valence electrons. The first-order valence-corrected chi connectivity index (χ1v) is 7.06. The zero-order chi connectivity index (χ0) is 14.6. The number of carbonyl (C=O) groups is 1. The molecule has 2 atom stereocenters. The Hall–Kier alpha value is -1.64. The Morgan fingerprint density at radius 1 is 1.10 bits per heavy atom. The minimum absolute atomic E-state index is 0.0310. The number of ketones is 1. The van der Waals surface area contributed by atoms with Crippen LogP contribution in [0, 0.1) is 5.92 Å². The Balaban J connectivity index is 2.34. The first-order chi connectivity index (χ1) is 9.59. The van der Waals surface area contributed by atoms with Gasteiger partial charge in [-0.05, 0) is 5.56 Å². The first kappa shape index (κ1) is 14.8. The number of alkyl halides is 1. The van der Waals surface area contributed by atoms with Gasteiger partial charge in [-0.15, -0.1) is 11.6 Å². The Morgan fingerprint density at radius 3 is 2.10 bits per heavy atom. The third-order valence-corrected chi connectivity index (χ3v) is 4.05. The molecule has 0 bridgehead atoms. The highest BCUT2D eigenvalue weighted by molar-refractivity contribution is 6.19. The van der Waals surface area contributed by atoms with Crippen molar-refractivity contribution in [2.24, 2.45) is 5.92 Å². The van der Waals surface area contributed by atoms with Crippen molar-refractivity contribution in [3.05, 3.63) is 71.8 Å². The highest BCUT2D eigenvalue weighted by Gasteiger charge is 2.39. The molecule has 0 radical (unpaired) electrons. The zero-order valence-electron chi connectivity index (χ0n) is 11.3. The molecule has 2 nitrogen and oxygen atoms in total. The van der Waals surface area contributed by atoms with E-state index in [4.69, 9.17) is 11.6 Å². The molecule has 20 heavy (non-hydrogen) atoms. The molecule has 0 aliphatic rings. The smallest absolute Gasteiger partial charge is 0.168 e. The van der Waals surface area contributed by atoms with Gasteiger partial charge >= 0.3 is 0 Å². The lowest BCUT2D eigenvalue weighted by Crippen LogP contribution is -2.40. The second kappa shape index (κ2) is 6.21. The molecule has 0 aliphatic heterocycles. The number of hydrogen-bond acceptors (Lipinski definition) is 2. The largest absolute Gasteiger partial charge is 0.383 e. The Morgan fingerprint density at radius 2 is 1.60 bits per heavy atom. The van der Waals surface area contributed by atoms with Gasteiger partial charge in [0.2, 0.25) is 0 Å². The maximum absolute atomic E-state index is 12.5. The van der Waals surface area contributed by atoms with Crippen LogP contribution in [0.25, 0.3) is 0 Å². The van der Waals surface area contributed by atoms with Crippen molar-refractivity contribution in [2.45, 2.75) is 12.5 Å². The highest BCUT2D eigenvalue weighted by Crippen LogP contribution is 2.33. The van der Waals surface area contributed by atoms with Crippen LogP contribution in [0.5, 0.6) is 0 Å². The molecule has 0 saturated heterocycles. The molecule has 2 rings (SSSR count). The minimum Gasteiger partial charge on any atom is -0.383 e. The van der Waals surface area contributed by atoms with E-state index in [0.29, 0.717) is 11.1 Å². The Labute approximate surface area is 124 Å². The molecule has 0 aliphatic carbocycles. The average molecular weight is 289 g/mol. The van der Waals surface area contributed by atoms with Crippen LogP contribution < -0.4 is 0 Å². The van der Waals surface area contributed by atoms with E-state index in [1.54, 1.807) is 31.2 Å². The van der Waals surface area contributed by atoms with Crippen molar-refractivity contribution in [3.8, 4) is 0 Å². The van der Waals surface area contributed by atoms with Crippen LogP contribution in [0.15, 0.2) is 60.7 Å². The second-order valence-corrected chi connectivity index (χ2v) is 5.14. The molecular weight excluding hydrogens is 272 g/mol. The standard InChI is InChI=1S/C17H17ClO2/c1-13(16(19)14-8-4-2-5-9-14)17(20,12-18)15-10-6-3-7-11-15/h2-11,13,20H,12H2,1H3/t13-,17-/m0/s1. The number of halogens is 1. The molecule has 0 aromatic heterocycles. The number of rotatable bonds is 5. The summed E-state index contributed by atoms with van der Waals surface area (Å²) in [6.45, 7) is 1.71. The third-order valence-electron chi connectivity index (χ3n) is 3.65. The SMILES string of the molecule is C[C@@H](C(=O)c1ccccc1)[C@@](O)(CCl)c1ccccc1. The lowest BCUT2D eigenvalue weighted by molar-refractivity contribution is 0.00971. The maximum atomic E-state index is 12.5. The zero-order valence-corrected chi connectivity index (χ0v) is 12.0. The summed E-state index contributed by atoms with van der Waals surface area (Å²) in [5.74, 6) is -0.765. The first-order valence-electron chi connectivity index (χ1n) is 6.52. The number of carbonyl (C=O) groups excluding carboxylic acids is 1. The molecule has 0 unspecified atom stereocenters. The molecule has 1 N–H and O–H groups in total. The van der Waals surface area contributed by atoms with Crippen molar-refractivity contribution >= 4 is 17.4 Å². The van der Waals surface area contributed by atoms with Gasteiger partial charge in [-0.1, -0.05) is 67.6 Å². The van der Waals surface area contributed by atoms with Gasteiger partial charge in [0.15, 0.2) is 5.78 Å². The lowest BCUT2D eigenvalue weighted by Gasteiger charge is -2.32. The van der Waals surface area contributed by atoms with E-state index in [0.717, 1.165) is 0 Å². The van der Waals surface area contributed by atoms with Crippen molar-refractivity contribution in [3.63, 3.8) is 0 Å². The van der Waals surface area contributed by atoms with E-state index in [-0.39, 0.29) is 11.7 Å². The average Bonchev–Trinajstić information content (AvgIpc) is 2.54. The Bertz CT molecular complexity index is 568. The van der Waals surface area contributed by atoms with Crippen LogP contribution in [-0.4, -0.2) is 16.8 Å². The summed E-state index contributed by atoms with van der Waals surface area (Å²) < 4.78 is 0. The normalized spacial score (nSPS) is 15.3. The van der Waals surface area contributed by atoms with Gasteiger partial charge in [-0.25, -0.2) is 0 Å². The fraction of sp³-hybridized carbons (Fsp3) is 0.235. The third kappa shape index (κ3) is 2.77. The van der Waals surface area contributed by atoms with E-state index < -0.39 is 11.5 Å². The minimum atomic E-state index is -1.37. The van der Waals surface area contributed by atoms with Crippen molar-refractivity contribution < 1.29 is 9.90 Å². The topological polar surface area (TPSA) is 37.3 Å². The van der Waals surface area contributed by atoms with Crippen molar-refractivity contribution in [1.29, 1.82) is 0 Å². The summed E-state index contributed by atoms with van der Waals surface area (Å²) in [7, 11) is 0. The van der Waals surface area contributed by atoms with Crippen LogP contribution in [0.2, 0.25) is 0 Å². The van der Waals surface area contributed by atoms with Crippen LogP contribution in [0.3, 0.4) is 0 Å². The summed E-state index contributed by atoms with van der Waals surface area (Å²) in [6, 6.07) is 18.1.